The van der Waals surface area contributed by atoms with Gasteiger partial charge in [0, 0.05) is 29.3 Å². The minimum Gasteiger partial charge on any atom is -0.494 e. The van der Waals surface area contributed by atoms with Crippen LogP contribution in [0.1, 0.15) is 78.2 Å². The van der Waals surface area contributed by atoms with Gasteiger partial charge in [0.25, 0.3) is 0 Å². The highest BCUT2D eigenvalue weighted by molar-refractivity contribution is 6.04. The van der Waals surface area contributed by atoms with Crippen LogP contribution in [0, 0.1) is 5.41 Å². The van der Waals surface area contributed by atoms with Crippen LogP contribution in [-0.4, -0.2) is 25.0 Å². The van der Waals surface area contributed by atoms with Crippen molar-refractivity contribution in [2.24, 2.45) is 5.41 Å². The molecule has 0 aromatic heterocycles. The van der Waals surface area contributed by atoms with Crippen LogP contribution in [0.2, 0.25) is 0 Å². The van der Waals surface area contributed by atoms with Crippen LogP contribution in [-0.2, 0) is 14.3 Å². The standard InChI is InChI=1S/C26H35NO4/c1-6-8-9-14-31-25(29)22-17(3)27-20-15-26(4,5)16-21(28)24(20)23(22)18-10-12-19(13-11-18)30-7-2/h10-13,23,27H,6-9,14-16H2,1-5H3. The van der Waals surface area contributed by atoms with Crippen molar-refractivity contribution in [3.05, 3.63) is 52.4 Å². The molecule has 2 aliphatic rings. The number of dihydropyridines is 1. The quantitative estimate of drug-likeness (QED) is 0.445. The van der Waals surface area contributed by atoms with Crippen LogP contribution in [0.4, 0.5) is 0 Å². The van der Waals surface area contributed by atoms with E-state index in [-0.39, 0.29) is 17.2 Å². The Morgan fingerprint density at radius 2 is 1.84 bits per heavy atom. The number of carbonyl (C=O) groups excluding carboxylic acids is 2. The number of unbranched alkanes of at least 4 members (excludes halogenated alkanes) is 2. The van der Waals surface area contributed by atoms with E-state index >= 15 is 0 Å². The number of hydrogen-bond donors (Lipinski definition) is 1. The van der Waals surface area contributed by atoms with Gasteiger partial charge in [-0.15, -0.1) is 0 Å². The summed E-state index contributed by atoms with van der Waals surface area (Å²) in [7, 11) is 0. The van der Waals surface area contributed by atoms with E-state index in [2.05, 4.69) is 26.1 Å². The largest absolute Gasteiger partial charge is 0.494 e. The number of rotatable bonds is 8. The molecule has 31 heavy (non-hydrogen) atoms. The molecule has 0 saturated heterocycles. The zero-order valence-electron chi connectivity index (χ0n) is 19.5. The molecule has 0 bridgehead atoms. The number of benzene rings is 1. The van der Waals surface area contributed by atoms with Crippen molar-refractivity contribution in [1.82, 2.24) is 5.32 Å². The number of esters is 1. The fourth-order valence-electron chi connectivity index (χ4n) is 4.56. The first-order chi connectivity index (χ1) is 14.8. The van der Waals surface area contributed by atoms with Crippen LogP contribution < -0.4 is 10.1 Å². The van der Waals surface area contributed by atoms with Gasteiger partial charge in [0.1, 0.15) is 5.75 Å². The molecule has 0 radical (unpaired) electrons. The van der Waals surface area contributed by atoms with Crippen molar-refractivity contribution in [3.8, 4) is 5.75 Å². The third kappa shape index (κ3) is 5.20. The van der Waals surface area contributed by atoms with Crippen molar-refractivity contribution < 1.29 is 19.1 Å². The van der Waals surface area contributed by atoms with E-state index in [0.717, 1.165) is 48.4 Å². The molecule has 1 atom stereocenters. The monoisotopic (exact) mass is 425 g/mol. The van der Waals surface area contributed by atoms with E-state index in [1.54, 1.807) is 0 Å². The molecule has 0 spiro atoms. The SMILES string of the molecule is CCCCCOC(=O)C1=C(C)NC2=C(C(=O)CC(C)(C)C2)C1c1ccc(OCC)cc1. The predicted molar refractivity (Wildman–Crippen MR) is 122 cm³/mol. The summed E-state index contributed by atoms with van der Waals surface area (Å²) in [6, 6.07) is 7.71. The molecule has 1 aliphatic heterocycles. The second-order valence-corrected chi connectivity index (χ2v) is 9.27. The van der Waals surface area contributed by atoms with Gasteiger partial charge in [-0.25, -0.2) is 4.79 Å². The summed E-state index contributed by atoms with van der Waals surface area (Å²) >= 11 is 0. The molecule has 1 aliphatic carbocycles. The third-order valence-electron chi connectivity index (χ3n) is 5.97. The van der Waals surface area contributed by atoms with Crippen molar-refractivity contribution in [1.29, 1.82) is 0 Å². The number of ketones is 1. The van der Waals surface area contributed by atoms with Crippen molar-refractivity contribution in [2.75, 3.05) is 13.2 Å². The van der Waals surface area contributed by atoms with Gasteiger partial charge >= 0.3 is 5.97 Å². The lowest BCUT2D eigenvalue weighted by molar-refractivity contribution is -0.139. The van der Waals surface area contributed by atoms with Gasteiger partial charge in [0.2, 0.25) is 0 Å². The maximum Gasteiger partial charge on any atom is 0.336 e. The lowest BCUT2D eigenvalue weighted by atomic mass is 9.68. The molecule has 5 heteroatoms. The fourth-order valence-corrected chi connectivity index (χ4v) is 4.56. The first-order valence-corrected chi connectivity index (χ1v) is 11.4. The molecule has 0 amide bonds. The number of nitrogens with one attached hydrogen (secondary N) is 1. The maximum absolute atomic E-state index is 13.3. The molecular formula is C26H35NO4. The molecule has 0 saturated carbocycles. The summed E-state index contributed by atoms with van der Waals surface area (Å²) in [5.41, 5.74) is 3.74. The lowest BCUT2D eigenvalue weighted by Gasteiger charge is -2.39. The van der Waals surface area contributed by atoms with Crippen LogP contribution in [0.5, 0.6) is 5.75 Å². The number of Topliss-reactive ketones (excluding diaryl/α,β-unsaturated/α-hetero) is 1. The Hall–Kier alpha value is -2.56. The summed E-state index contributed by atoms with van der Waals surface area (Å²) in [4.78, 5) is 26.4. The van der Waals surface area contributed by atoms with Gasteiger partial charge in [-0.1, -0.05) is 45.7 Å². The highest BCUT2D eigenvalue weighted by Crippen LogP contribution is 2.46. The van der Waals surface area contributed by atoms with Crippen molar-refractivity contribution in [3.63, 3.8) is 0 Å². The topological polar surface area (TPSA) is 64.6 Å². The van der Waals surface area contributed by atoms with Crippen LogP contribution in [0.15, 0.2) is 46.8 Å². The smallest absolute Gasteiger partial charge is 0.336 e. The zero-order valence-corrected chi connectivity index (χ0v) is 19.5. The first-order valence-electron chi connectivity index (χ1n) is 11.4. The summed E-state index contributed by atoms with van der Waals surface area (Å²) in [6.45, 7) is 11.2. The summed E-state index contributed by atoms with van der Waals surface area (Å²) < 4.78 is 11.2. The minimum absolute atomic E-state index is 0.0985. The molecule has 1 heterocycles. The van der Waals surface area contributed by atoms with Crippen molar-refractivity contribution in [2.45, 2.75) is 72.6 Å². The summed E-state index contributed by atoms with van der Waals surface area (Å²) in [5, 5.41) is 3.38. The second kappa shape index (κ2) is 9.71. The Kier molecular flexibility index (Phi) is 7.24. The molecule has 1 N–H and O–H groups in total. The second-order valence-electron chi connectivity index (χ2n) is 9.27. The van der Waals surface area contributed by atoms with E-state index in [1.807, 2.05) is 38.1 Å². The molecule has 0 fully saturated rings. The number of allylic oxidation sites excluding steroid dienone is 3. The fraction of sp³-hybridized carbons (Fsp3) is 0.538. The van der Waals surface area contributed by atoms with Crippen LogP contribution in [0.25, 0.3) is 0 Å². The Morgan fingerprint density at radius 1 is 1.13 bits per heavy atom. The highest BCUT2D eigenvalue weighted by atomic mass is 16.5. The Labute approximate surface area is 185 Å². The Morgan fingerprint density at radius 3 is 2.48 bits per heavy atom. The van der Waals surface area contributed by atoms with Gasteiger partial charge in [0.05, 0.1) is 18.8 Å². The van der Waals surface area contributed by atoms with Crippen LogP contribution in [0.3, 0.4) is 0 Å². The summed E-state index contributed by atoms with van der Waals surface area (Å²) in [5.74, 6) is 0.106. The normalized spacial score (nSPS) is 20.3. The molecule has 1 aromatic carbocycles. The molecule has 168 valence electrons. The van der Waals surface area contributed by atoms with E-state index in [4.69, 9.17) is 9.47 Å². The van der Waals surface area contributed by atoms with Gasteiger partial charge in [-0.3, -0.25) is 4.79 Å². The van der Waals surface area contributed by atoms with E-state index in [9.17, 15) is 9.59 Å². The van der Waals surface area contributed by atoms with Gasteiger partial charge in [-0.05, 0) is 49.8 Å². The zero-order chi connectivity index (χ0) is 22.6. The Bertz CT molecular complexity index is 892. The lowest BCUT2D eigenvalue weighted by Crippen LogP contribution is -2.38. The Balaban J connectivity index is 2.00. The van der Waals surface area contributed by atoms with E-state index in [1.165, 1.54) is 0 Å². The first kappa shape index (κ1) is 23.1. The van der Waals surface area contributed by atoms with E-state index < -0.39 is 5.92 Å². The molecule has 1 aromatic rings. The molecule has 1 unspecified atom stereocenters. The van der Waals surface area contributed by atoms with Gasteiger partial charge in [-0.2, -0.15) is 0 Å². The number of carbonyl (C=O) groups is 2. The summed E-state index contributed by atoms with van der Waals surface area (Å²) in [6.07, 6.45) is 4.18. The van der Waals surface area contributed by atoms with E-state index in [0.29, 0.717) is 30.8 Å². The maximum atomic E-state index is 13.3. The van der Waals surface area contributed by atoms with Crippen molar-refractivity contribution >= 4 is 11.8 Å². The molecule has 5 nitrogen and oxygen atoms in total. The minimum atomic E-state index is -0.422. The van der Waals surface area contributed by atoms with Gasteiger partial charge in [0.15, 0.2) is 5.78 Å². The van der Waals surface area contributed by atoms with Gasteiger partial charge < -0.3 is 14.8 Å². The van der Waals surface area contributed by atoms with Crippen LogP contribution >= 0.6 is 0 Å². The molecule has 3 rings (SSSR count). The number of hydrogen-bond acceptors (Lipinski definition) is 5. The molecular weight excluding hydrogens is 390 g/mol. The predicted octanol–water partition coefficient (Wildman–Crippen LogP) is 5.42. The average Bonchev–Trinajstić information content (AvgIpc) is 2.70. The number of ether oxygens (including phenoxy) is 2. The third-order valence-corrected chi connectivity index (χ3v) is 5.97. The highest BCUT2D eigenvalue weighted by Gasteiger charge is 2.43. The average molecular weight is 426 g/mol.